The number of nitrogens with zero attached hydrogens (tertiary/aromatic N) is 3. The molecule has 1 aliphatic rings. The highest BCUT2D eigenvalue weighted by molar-refractivity contribution is 7.94. The van der Waals surface area contributed by atoms with Crippen LogP contribution in [-0.2, 0) is 14.8 Å². The Bertz CT molecular complexity index is 997. The maximum absolute atomic E-state index is 12.9. The number of aromatic nitrogens is 2. The molecule has 29 heavy (non-hydrogen) atoms. The number of para-hydroxylation sites is 1. The molecule has 3 rings (SSSR count). The number of anilines is 2. The summed E-state index contributed by atoms with van der Waals surface area (Å²) in [6.07, 6.45) is 2.97. The van der Waals surface area contributed by atoms with Gasteiger partial charge in [0.25, 0.3) is 20.3 Å². The van der Waals surface area contributed by atoms with E-state index in [1.165, 1.54) is 6.07 Å². The van der Waals surface area contributed by atoms with Crippen molar-refractivity contribution >= 4 is 44.0 Å². The first-order valence-corrected chi connectivity index (χ1v) is 11.6. The number of nitrogens with one attached hydrogen (secondary N) is 2. The molecule has 0 bridgehead atoms. The molecule has 0 aliphatic carbocycles. The lowest BCUT2D eigenvalue weighted by Gasteiger charge is -2.27. The number of rotatable bonds is 6. The van der Waals surface area contributed by atoms with Crippen molar-refractivity contribution in [1.29, 1.82) is 0 Å². The highest BCUT2D eigenvalue weighted by Crippen LogP contribution is 2.26. The normalized spacial score (nSPS) is 14.7. The molecule has 0 atom stereocenters. The zero-order valence-electron chi connectivity index (χ0n) is 16.2. The summed E-state index contributed by atoms with van der Waals surface area (Å²) >= 11 is 0.747. The monoisotopic (exact) mass is 437 g/mol. The van der Waals surface area contributed by atoms with Crippen LogP contribution in [0.3, 0.4) is 0 Å². The number of hydrogen-bond donors (Lipinski definition) is 2. The quantitative estimate of drug-likeness (QED) is 0.670. The van der Waals surface area contributed by atoms with Crippen LogP contribution >= 0.6 is 11.3 Å². The van der Waals surface area contributed by atoms with Crippen molar-refractivity contribution < 1.29 is 18.0 Å². The van der Waals surface area contributed by atoms with Gasteiger partial charge >= 0.3 is 0 Å². The molecular weight excluding hydrogens is 414 g/mol. The van der Waals surface area contributed by atoms with Crippen molar-refractivity contribution in [2.75, 3.05) is 23.1 Å². The van der Waals surface area contributed by atoms with E-state index in [0.717, 1.165) is 30.6 Å². The Morgan fingerprint density at radius 1 is 1.10 bits per heavy atom. The number of benzene rings is 1. The van der Waals surface area contributed by atoms with E-state index in [4.69, 9.17) is 0 Å². The van der Waals surface area contributed by atoms with Crippen LogP contribution in [-0.4, -0.2) is 48.4 Å². The van der Waals surface area contributed by atoms with Gasteiger partial charge in [0, 0.05) is 19.0 Å². The van der Waals surface area contributed by atoms with Crippen LogP contribution in [0.2, 0.25) is 0 Å². The van der Waals surface area contributed by atoms with Gasteiger partial charge in [0.05, 0.1) is 11.3 Å². The first kappa shape index (κ1) is 21.2. The van der Waals surface area contributed by atoms with Gasteiger partial charge in [-0.1, -0.05) is 37.3 Å². The largest absolute Gasteiger partial charge is 0.339 e. The lowest BCUT2D eigenvalue weighted by Crippen LogP contribution is -2.36. The van der Waals surface area contributed by atoms with Crippen molar-refractivity contribution in [3.63, 3.8) is 0 Å². The van der Waals surface area contributed by atoms with Crippen LogP contribution in [0.1, 0.15) is 43.5 Å². The van der Waals surface area contributed by atoms with Crippen LogP contribution < -0.4 is 10.0 Å². The van der Waals surface area contributed by atoms with E-state index in [1.807, 2.05) is 0 Å². The van der Waals surface area contributed by atoms with E-state index in [9.17, 15) is 18.0 Å². The number of hydrogen-bond acceptors (Lipinski definition) is 7. The second-order valence-corrected chi connectivity index (χ2v) is 9.85. The molecule has 2 aromatic rings. The number of carbonyl (C=O) groups is 2. The maximum atomic E-state index is 12.9. The van der Waals surface area contributed by atoms with E-state index in [-0.39, 0.29) is 38.5 Å². The Morgan fingerprint density at radius 2 is 1.79 bits per heavy atom. The van der Waals surface area contributed by atoms with E-state index in [2.05, 4.69) is 20.2 Å². The molecule has 1 aromatic carbocycles. The second-order valence-electron chi connectivity index (χ2n) is 7.02. The molecule has 9 nitrogen and oxygen atoms in total. The fourth-order valence-electron chi connectivity index (χ4n) is 2.83. The number of likely N-dealkylation sites (tertiary alicyclic amines) is 1. The fraction of sp³-hybridized carbons (Fsp3) is 0.444. The lowest BCUT2D eigenvalue weighted by molar-refractivity contribution is -0.118. The average molecular weight is 438 g/mol. The Kier molecular flexibility index (Phi) is 6.48. The van der Waals surface area contributed by atoms with Crippen LogP contribution in [0.4, 0.5) is 10.8 Å². The molecule has 1 fully saturated rings. The summed E-state index contributed by atoms with van der Waals surface area (Å²) in [5, 5.41) is 10.0. The summed E-state index contributed by atoms with van der Waals surface area (Å²) in [6, 6.07) is 6.49. The van der Waals surface area contributed by atoms with Crippen LogP contribution in [0.5, 0.6) is 0 Å². The number of sulfonamides is 1. The van der Waals surface area contributed by atoms with E-state index >= 15 is 0 Å². The minimum absolute atomic E-state index is 0.0988. The van der Waals surface area contributed by atoms with E-state index < -0.39 is 10.0 Å². The standard InChI is InChI=1S/C18H23N5O4S2/c1-12(2)15(24)19-17-20-21-18(28-17)29(26,27)22-14-9-5-4-8-13(14)16(25)23-10-6-3-7-11-23/h4-5,8-9,12,22H,3,6-7,10-11H2,1-2H3,(H,19,20,24). The number of piperidine rings is 1. The maximum Gasteiger partial charge on any atom is 0.291 e. The Hall–Kier alpha value is -2.53. The van der Waals surface area contributed by atoms with Gasteiger partial charge in [-0.05, 0) is 31.4 Å². The predicted molar refractivity (Wildman–Crippen MR) is 110 cm³/mol. The molecule has 156 valence electrons. The molecule has 0 unspecified atom stereocenters. The third kappa shape index (κ3) is 5.10. The van der Waals surface area contributed by atoms with Gasteiger partial charge in [-0.2, -0.15) is 8.42 Å². The van der Waals surface area contributed by atoms with Crippen molar-refractivity contribution in [1.82, 2.24) is 15.1 Å². The summed E-state index contributed by atoms with van der Waals surface area (Å²) in [5.74, 6) is -0.759. The SMILES string of the molecule is CC(C)C(=O)Nc1nnc(S(=O)(=O)Nc2ccccc2C(=O)N2CCCCC2)s1. The van der Waals surface area contributed by atoms with Crippen LogP contribution in [0.25, 0.3) is 0 Å². The smallest absolute Gasteiger partial charge is 0.291 e. The average Bonchev–Trinajstić information content (AvgIpc) is 3.18. The zero-order chi connectivity index (χ0) is 21.0. The molecule has 1 aromatic heterocycles. The fourth-order valence-corrected chi connectivity index (χ4v) is 4.82. The summed E-state index contributed by atoms with van der Waals surface area (Å²) in [7, 11) is -4.06. The van der Waals surface area contributed by atoms with Crippen molar-refractivity contribution in [2.45, 2.75) is 37.4 Å². The molecule has 0 saturated carbocycles. The first-order valence-electron chi connectivity index (χ1n) is 9.33. The minimum atomic E-state index is -4.06. The van der Waals surface area contributed by atoms with Gasteiger partial charge in [0.2, 0.25) is 11.0 Å². The van der Waals surface area contributed by atoms with Crippen LogP contribution in [0.15, 0.2) is 28.6 Å². The topological polar surface area (TPSA) is 121 Å². The Morgan fingerprint density at radius 3 is 2.48 bits per heavy atom. The molecule has 0 spiro atoms. The van der Waals surface area contributed by atoms with Crippen molar-refractivity contribution in [3.05, 3.63) is 29.8 Å². The number of amides is 2. The molecule has 2 N–H and O–H groups in total. The van der Waals surface area contributed by atoms with Gasteiger partial charge in [0.1, 0.15) is 0 Å². The van der Waals surface area contributed by atoms with Gasteiger partial charge in [-0.15, -0.1) is 10.2 Å². The molecule has 1 aliphatic heterocycles. The Balaban J connectivity index is 1.80. The van der Waals surface area contributed by atoms with E-state index in [0.29, 0.717) is 13.1 Å². The van der Waals surface area contributed by atoms with Gasteiger partial charge in [0.15, 0.2) is 0 Å². The molecule has 2 heterocycles. The molecule has 0 radical (unpaired) electrons. The highest BCUT2D eigenvalue weighted by Gasteiger charge is 2.26. The summed E-state index contributed by atoms with van der Waals surface area (Å²) in [4.78, 5) is 26.3. The zero-order valence-corrected chi connectivity index (χ0v) is 17.8. The minimum Gasteiger partial charge on any atom is -0.339 e. The van der Waals surface area contributed by atoms with Crippen molar-refractivity contribution in [2.24, 2.45) is 5.92 Å². The third-order valence-corrected chi connectivity index (χ3v) is 7.01. The highest BCUT2D eigenvalue weighted by atomic mass is 32.2. The summed E-state index contributed by atoms with van der Waals surface area (Å²) in [6.45, 7) is 4.75. The van der Waals surface area contributed by atoms with E-state index in [1.54, 1.807) is 36.9 Å². The van der Waals surface area contributed by atoms with Gasteiger partial charge in [-0.25, -0.2) is 0 Å². The predicted octanol–water partition coefficient (Wildman–Crippen LogP) is 2.56. The number of carbonyl (C=O) groups excluding carboxylic acids is 2. The second kappa shape index (κ2) is 8.87. The van der Waals surface area contributed by atoms with Crippen LogP contribution in [0, 0.1) is 5.92 Å². The first-order chi connectivity index (χ1) is 13.8. The molecular formula is C18H23N5O4S2. The third-order valence-electron chi connectivity index (χ3n) is 4.44. The molecule has 2 amide bonds. The molecule has 11 heteroatoms. The summed E-state index contributed by atoms with van der Waals surface area (Å²) < 4.78 is 27.6. The van der Waals surface area contributed by atoms with Crippen molar-refractivity contribution in [3.8, 4) is 0 Å². The molecule has 1 saturated heterocycles. The summed E-state index contributed by atoms with van der Waals surface area (Å²) in [5.41, 5.74) is 0.474. The van der Waals surface area contributed by atoms with Gasteiger partial charge in [-0.3, -0.25) is 14.3 Å². The lowest BCUT2D eigenvalue weighted by atomic mass is 10.1. The Labute approximate surface area is 173 Å². The van der Waals surface area contributed by atoms with Gasteiger partial charge < -0.3 is 10.2 Å².